The van der Waals surface area contributed by atoms with Crippen molar-refractivity contribution in [2.24, 2.45) is 5.41 Å². The summed E-state index contributed by atoms with van der Waals surface area (Å²) in [5.41, 5.74) is -1.03. The monoisotopic (exact) mass is 282 g/mol. The van der Waals surface area contributed by atoms with Crippen LogP contribution in [0.5, 0.6) is 0 Å². The Hall–Kier alpha value is -1.65. The largest absolute Gasteiger partial charge is 0.467 e. The van der Waals surface area contributed by atoms with Crippen molar-refractivity contribution in [3.8, 4) is 6.07 Å². The van der Waals surface area contributed by atoms with Gasteiger partial charge in [0.1, 0.15) is 5.41 Å². The van der Waals surface area contributed by atoms with E-state index in [4.69, 9.17) is 9.47 Å². The van der Waals surface area contributed by atoms with Crippen molar-refractivity contribution in [1.29, 1.82) is 5.26 Å². The smallest absolute Gasteiger partial charge is 0.336 e. The number of morpholine rings is 1. The predicted molar refractivity (Wildman–Crippen MR) is 66.4 cm³/mol. The van der Waals surface area contributed by atoms with Crippen LogP contribution in [0.2, 0.25) is 0 Å². The van der Waals surface area contributed by atoms with E-state index in [0.717, 1.165) is 0 Å². The summed E-state index contributed by atoms with van der Waals surface area (Å²) in [6.45, 7) is 1.60. The third-order valence-electron chi connectivity index (χ3n) is 3.79. The van der Waals surface area contributed by atoms with E-state index in [1.165, 1.54) is 12.0 Å². The van der Waals surface area contributed by atoms with Crippen LogP contribution in [0, 0.1) is 16.7 Å². The maximum absolute atomic E-state index is 12.6. The Morgan fingerprint density at radius 1 is 1.35 bits per heavy atom. The normalized spacial score (nSPS) is 25.6. The molecule has 0 N–H and O–H groups in total. The summed E-state index contributed by atoms with van der Waals surface area (Å²) in [5, 5.41) is 9.39. The Morgan fingerprint density at radius 3 is 2.65 bits per heavy atom. The van der Waals surface area contributed by atoms with Crippen LogP contribution in [0.25, 0.3) is 0 Å². The highest BCUT2D eigenvalue weighted by Crippen LogP contribution is 2.32. The van der Waals surface area contributed by atoms with Gasteiger partial charge in [0.25, 0.3) is 0 Å². The van der Waals surface area contributed by atoms with E-state index in [2.05, 4.69) is 10.8 Å². The zero-order valence-electron chi connectivity index (χ0n) is 11.5. The van der Waals surface area contributed by atoms with Gasteiger partial charge in [0.2, 0.25) is 5.91 Å². The molecule has 2 rings (SSSR count). The van der Waals surface area contributed by atoms with E-state index in [1.54, 1.807) is 0 Å². The first kappa shape index (κ1) is 14.8. The van der Waals surface area contributed by atoms with Gasteiger partial charge in [0, 0.05) is 19.8 Å². The minimum atomic E-state index is -1.03. The van der Waals surface area contributed by atoms with E-state index in [1.807, 2.05) is 0 Å². The highest BCUT2D eigenvalue weighted by molar-refractivity contribution is 5.86. The predicted octanol–water partition coefficient (Wildman–Crippen LogP) is -0.293. The summed E-state index contributed by atoms with van der Waals surface area (Å²) in [4.78, 5) is 25.6. The molecule has 1 amide bonds. The lowest BCUT2D eigenvalue weighted by Gasteiger charge is -2.38. The SMILES string of the molecule is COC(=O)C1CN(C(=O)C2(C#N)CCOCC2)CCO1. The summed E-state index contributed by atoms with van der Waals surface area (Å²) in [7, 11) is 1.28. The molecule has 0 aliphatic carbocycles. The standard InChI is InChI=1S/C13H18N2O5/c1-18-11(16)10-8-15(4-7-20-10)12(17)13(9-14)2-5-19-6-3-13/h10H,2-8H2,1H3. The Morgan fingerprint density at radius 2 is 2.05 bits per heavy atom. The number of rotatable bonds is 2. The van der Waals surface area contributed by atoms with Gasteiger partial charge in [-0.25, -0.2) is 4.79 Å². The number of carbonyl (C=O) groups excluding carboxylic acids is 2. The Kier molecular flexibility index (Phi) is 4.57. The Labute approximate surface area is 117 Å². The fourth-order valence-electron chi connectivity index (χ4n) is 2.50. The van der Waals surface area contributed by atoms with Crippen LogP contribution in [0.3, 0.4) is 0 Å². The first-order chi connectivity index (χ1) is 9.63. The molecule has 2 aliphatic rings. The van der Waals surface area contributed by atoms with E-state index in [0.29, 0.717) is 32.6 Å². The van der Waals surface area contributed by atoms with Crippen LogP contribution in [0.15, 0.2) is 0 Å². The third kappa shape index (κ3) is 2.76. The molecule has 0 aromatic rings. The number of amides is 1. The summed E-state index contributed by atoms with van der Waals surface area (Å²) in [5.74, 6) is -0.735. The minimum Gasteiger partial charge on any atom is -0.467 e. The minimum absolute atomic E-state index is 0.135. The number of carbonyl (C=O) groups is 2. The number of hydrogen-bond acceptors (Lipinski definition) is 6. The van der Waals surface area contributed by atoms with Gasteiger partial charge in [0.05, 0.1) is 26.3 Å². The summed E-state index contributed by atoms with van der Waals surface area (Å²) >= 11 is 0. The zero-order valence-corrected chi connectivity index (χ0v) is 11.5. The molecule has 7 heteroatoms. The van der Waals surface area contributed by atoms with Crippen LogP contribution in [-0.4, -0.2) is 62.9 Å². The van der Waals surface area contributed by atoms with Crippen molar-refractivity contribution in [2.45, 2.75) is 18.9 Å². The Balaban J connectivity index is 2.08. The van der Waals surface area contributed by atoms with Crippen molar-refractivity contribution in [3.05, 3.63) is 0 Å². The number of methoxy groups -OCH3 is 1. The fourth-order valence-corrected chi connectivity index (χ4v) is 2.50. The molecule has 2 aliphatic heterocycles. The van der Waals surface area contributed by atoms with Gasteiger partial charge in [-0.15, -0.1) is 0 Å². The highest BCUT2D eigenvalue weighted by atomic mass is 16.6. The molecule has 7 nitrogen and oxygen atoms in total. The second-order valence-electron chi connectivity index (χ2n) is 4.94. The molecule has 0 bridgehead atoms. The van der Waals surface area contributed by atoms with E-state index >= 15 is 0 Å². The number of nitrogens with zero attached hydrogens (tertiary/aromatic N) is 2. The zero-order chi connectivity index (χ0) is 14.6. The van der Waals surface area contributed by atoms with E-state index in [-0.39, 0.29) is 19.1 Å². The summed E-state index contributed by atoms with van der Waals surface area (Å²) in [6, 6.07) is 2.14. The molecule has 1 unspecified atom stereocenters. The number of esters is 1. The van der Waals surface area contributed by atoms with Crippen LogP contribution in [-0.2, 0) is 23.8 Å². The summed E-state index contributed by atoms with van der Waals surface area (Å²) in [6.07, 6.45) is 0.0128. The molecule has 2 saturated heterocycles. The van der Waals surface area contributed by atoms with Gasteiger partial charge in [-0.05, 0) is 12.8 Å². The van der Waals surface area contributed by atoms with Crippen molar-refractivity contribution in [2.75, 3.05) is 40.0 Å². The van der Waals surface area contributed by atoms with Gasteiger partial charge in [-0.1, -0.05) is 0 Å². The van der Waals surface area contributed by atoms with Crippen molar-refractivity contribution in [1.82, 2.24) is 4.90 Å². The van der Waals surface area contributed by atoms with Crippen molar-refractivity contribution < 1.29 is 23.8 Å². The Bertz CT molecular complexity index is 425. The molecule has 110 valence electrons. The molecular weight excluding hydrogens is 264 g/mol. The van der Waals surface area contributed by atoms with Gasteiger partial charge >= 0.3 is 5.97 Å². The van der Waals surface area contributed by atoms with E-state index < -0.39 is 17.5 Å². The van der Waals surface area contributed by atoms with E-state index in [9.17, 15) is 14.9 Å². The molecule has 2 fully saturated rings. The first-order valence-corrected chi connectivity index (χ1v) is 6.61. The lowest BCUT2D eigenvalue weighted by molar-refractivity contribution is -0.165. The topological polar surface area (TPSA) is 88.9 Å². The molecule has 20 heavy (non-hydrogen) atoms. The van der Waals surface area contributed by atoms with Gasteiger partial charge in [-0.2, -0.15) is 5.26 Å². The molecule has 0 radical (unpaired) electrons. The second-order valence-corrected chi connectivity index (χ2v) is 4.94. The molecule has 0 aromatic heterocycles. The maximum atomic E-state index is 12.6. The second kappa shape index (κ2) is 6.20. The maximum Gasteiger partial charge on any atom is 0.336 e. The molecule has 0 aromatic carbocycles. The van der Waals surface area contributed by atoms with Crippen LogP contribution >= 0.6 is 0 Å². The van der Waals surface area contributed by atoms with Gasteiger partial charge in [-0.3, -0.25) is 4.79 Å². The van der Waals surface area contributed by atoms with Crippen molar-refractivity contribution >= 4 is 11.9 Å². The lowest BCUT2D eigenvalue weighted by Crippen LogP contribution is -2.54. The number of nitriles is 1. The van der Waals surface area contributed by atoms with Crippen LogP contribution in [0.4, 0.5) is 0 Å². The average Bonchev–Trinajstić information content (AvgIpc) is 2.54. The van der Waals surface area contributed by atoms with Gasteiger partial charge in [0.15, 0.2) is 6.10 Å². The van der Waals surface area contributed by atoms with Gasteiger partial charge < -0.3 is 19.1 Å². The van der Waals surface area contributed by atoms with Crippen LogP contribution < -0.4 is 0 Å². The molecule has 0 saturated carbocycles. The highest BCUT2D eigenvalue weighted by Gasteiger charge is 2.44. The first-order valence-electron chi connectivity index (χ1n) is 6.61. The number of ether oxygens (including phenoxy) is 3. The molecule has 1 atom stereocenters. The quantitative estimate of drug-likeness (QED) is 0.646. The number of hydrogen-bond donors (Lipinski definition) is 0. The van der Waals surface area contributed by atoms with Crippen LogP contribution in [0.1, 0.15) is 12.8 Å². The fraction of sp³-hybridized carbons (Fsp3) is 0.769. The third-order valence-corrected chi connectivity index (χ3v) is 3.79. The molecular formula is C13H18N2O5. The summed E-state index contributed by atoms with van der Waals surface area (Å²) < 4.78 is 15.1. The van der Waals surface area contributed by atoms with Crippen molar-refractivity contribution in [3.63, 3.8) is 0 Å². The lowest BCUT2D eigenvalue weighted by atomic mass is 9.80. The molecule has 0 spiro atoms. The molecule has 2 heterocycles. The average molecular weight is 282 g/mol.